The van der Waals surface area contributed by atoms with Gasteiger partial charge in [-0.2, -0.15) is 0 Å². The van der Waals surface area contributed by atoms with E-state index in [2.05, 4.69) is 24.3 Å². The van der Waals surface area contributed by atoms with Crippen LogP contribution >= 0.6 is 0 Å². The van der Waals surface area contributed by atoms with Gasteiger partial charge in [-0.15, -0.1) is 0 Å². The molecule has 0 aromatic rings. The molecule has 2 amide bonds. The first-order chi connectivity index (χ1) is 11.5. The van der Waals surface area contributed by atoms with Gasteiger partial charge in [0.25, 0.3) is 0 Å². The summed E-state index contributed by atoms with van der Waals surface area (Å²) in [6.07, 6.45) is 5.60. The van der Waals surface area contributed by atoms with Crippen molar-refractivity contribution in [2.75, 3.05) is 33.8 Å². The van der Waals surface area contributed by atoms with E-state index >= 15 is 0 Å². The van der Waals surface area contributed by atoms with Crippen LogP contribution < -0.4 is 5.32 Å². The fourth-order valence-corrected chi connectivity index (χ4v) is 4.77. The quantitative estimate of drug-likeness (QED) is 0.813. The average molecular weight is 339 g/mol. The van der Waals surface area contributed by atoms with E-state index in [1.807, 2.05) is 11.8 Å². The van der Waals surface area contributed by atoms with Gasteiger partial charge in [-0.1, -0.05) is 0 Å². The van der Waals surface area contributed by atoms with E-state index in [0.29, 0.717) is 18.7 Å². The van der Waals surface area contributed by atoms with Crippen molar-refractivity contribution >= 4 is 6.03 Å². The average Bonchev–Trinajstić information content (AvgIpc) is 3.03. The summed E-state index contributed by atoms with van der Waals surface area (Å²) >= 11 is 0. The van der Waals surface area contributed by atoms with Gasteiger partial charge in [0.1, 0.15) is 0 Å². The lowest BCUT2D eigenvalue weighted by Crippen LogP contribution is -2.63. The second-order valence-corrected chi connectivity index (χ2v) is 7.99. The summed E-state index contributed by atoms with van der Waals surface area (Å²) in [5.74, 6) is 0. The number of nitrogens with zero attached hydrogens (tertiary/aromatic N) is 2. The third-order valence-electron chi connectivity index (χ3n) is 6.55. The van der Waals surface area contributed by atoms with E-state index in [9.17, 15) is 9.90 Å². The van der Waals surface area contributed by atoms with Crippen LogP contribution in [0.1, 0.15) is 45.4 Å². The number of aliphatic hydroxyl groups excluding tert-OH is 1. The Kier molecular flexibility index (Phi) is 5.37. The minimum absolute atomic E-state index is 0.0658. The van der Waals surface area contributed by atoms with E-state index in [-0.39, 0.29) is 23.7 Å². The molecule has 24 heavy (non-hydrogen) atoms. The van der Waals surface area contributed by atoms with Gasteiger partial charge in [-0.3, -0.25) is 0 Å². The van der Waals surface area contributed by atoms with Crippen molar-refractivity contribution in [2.24, 2.45) is 5.41 Å². The summed E-state index contributed by atoms with van der Waals surface area (Å²) in [5, 5.41) is 13.5. The first kappa shape index (κ1) is 18.0. The Bertz CT molecular complexity index is 447. The van der Waals surface area contributed by atoms with Crippen molar-refractivity contribution in [3.05, 3.63) is 0 Å². The number of carbonyl (C=O) groups excluding carboxylic acids is 1. The Labute approximate surface area is 145 Å². The molecule has 0 aromatic carbocycles. The van der Waals surface area contributed by atoms with Crippen LogP contribution in [-0.2, 0) is 4.74 Å². The normalized spacial score (nSPS) is 35.3. The maximum Gasteiger partial charge on any atom is 0.317 e. The van der Waals surface area contributed by atoms with Crippen molar-refractivity contribution in [1.82, 2.24) is 15.1 Å². The summed E-state index contributed by atoms with van der Waals surface area (Å²) in [6, 6.07) is 0.944. The number of urea groups is 1. The van der Waals surface area contributed by atoms with E-state index in [0.717, 1.165) is 51.6 Å². The molecule has 2 N–H and O–H groups in total. The Morgan fingerprint density at radius 1 is 1.29 bits per heavy atom. The molecular formula is C18H33N3O3. The van der Waals surface area contributed by atoms with Crippen LogP contribution in [0.15, 0.2) is 0 Å². The van der Waals surface area contributed by atoms with Gasteiger partial charge in [-0.25, -0.2) is 4.79 Å². The SMILES string of the molecule is CCOC1CC(O)C12CCN(C(=O)NC1CCC(N(C)C)C1)CC2. The molecule has 1 saturated heterocycles. The van der Waals surface area contributed by atoms with Gasteiger partial charge in [0, 0.05) is 43.6 Å². The lowest BCUT2D eigenvalue weighted by molar-refractivity contribution is -0.207. The summed E-state index contributed by atoms with van der Waals surface area (Å²) in [5.41, 5.74) is -0.115. The minimum Gasteiger partial charge on any atom is -0.392 e. The maximum absolute atomic E-state index is 12.5. The van der Waals surface area contributed by atoms with Crippen LogP contribution in [-0.4, -0.2) is 79.0 Å². The van der Waals surface area contributed by atoms with Crippen LogP contribution in [0.25, 0.3) is 0 Å². The van der Waals surface area contributed by atoms with Gasteiger partial charge in [0.2, 0.25) is 0 Å². The predicted octanol–water partition coefficient (Wildman–Crippen LogP) is 1.43. The molecule has 1 spiro atoms. The third kappa shape index (κ3) is 3.28. The lowest BCUT2D eigenvalue weighted by Gasteiger charge is -2.56. The fourth-order valence-electron chi connectivity index (χ4n) is 4.77. The molecule has 2 saturated carbocycles. The fraction of sp³-hybridized carbons (Fsp3) is 0.944. The molecule has 1 aliphatic heterocycles. The van der Waals surface area contributed by atoms with Crippen molar-refractivity contribution < 1.29 is 14.6 Å². The number of ether oxygens (including phenoxy) is 1. The van der Waals surface area contributed by atoms with Crippen molar-refractivity contribution in [3.8, 4) is 0 Å². The van der Waals surface area contributed by atoms with E-state index < -0.39 is 0 Å². The zero-order chi connectivity index (χ0) is 17.3. The maximum atomic E-state index is 12.5. The summed E-state index contributed by atoms with van der Waals surface area (Å²) < 4.78 is 5.80. The predicted molar refractivity (Wildman–Crippen MR) is 92.9 cm³/mol. The van der Waals surface area contributed by atoms with Crippen molar-refractivity contribution in [1.29, 1.82) is 0 Å². The molecule has 0 radical (unpaired) electrons. The Hall–Kier alpha value is -0.850. The third-order valence-corrected chi connectivity index (χ3v) is 6.55. The molecule has 3 aliphatic rings. The van der Waals surface area contributed by atoms with Crippen LogP contribution in [0.2, 0.25) is 0 Å². The molecule has 1 heterocycles. The van der Waals surface area contributed by atoms with Crippen LogP contribution in [0.3, 0.4) is 0 Å². The number of carbonyl (C=O) groups is 1. The topological polar surface area (TPSA) is 65.0 Å². The van der Waals surface area contributed by atoms with E-state index in [1.165, 1.54) is 0 Å². The number of nitrogens with one attached hydrogen (secondary N) is 1. The second-order valence-electron chi connectivity index (χ2n) is 7.99. The number of piperidine rings is 1. The Morgan fingerprint density at radius 3 is 2.54 bits per heavy atom. The van der Waals surface area contributed by atoms with Crippen LogP contribution in [0.4, 0.5) is 4.79 Å². The highest BCUT2D eigenvalue weighted by atomic mass is 16.5. The number of aliphatic hydroxyl groups is 1. The highest BCUT2D eigenvalue weighted by Gasteiger charge is 2.56. The van der Waals surface area contributed by atoms with Gasteiger partial charge in [0.05, 0.1) is 12.2 Å². The van der Waals surface area contributed by atoms with Crippen molar-refractivity contribution in [2.45, 2.75) is 69.7 Å². The number of likely N-dealkylation sites (tertiary alicyclic amines) is 1. The molecule has 4 unspecified atom stereocenters. The van der Waals surface area contributed by atoms with Gasteiger partial charge in [0.15, 0.2) is 0 Å². The molecule has 3 rings (SSSR count). The first-order valence-corrected chi connectivity index (χ1v) is 9.48. The van der Waals surface area contributed by atoms with E-state index in [4.69, 9.17) is 4.74 Å². The van der Waals surface area contributed by atoms with E-state index in [1.54, 1.807) is 0 Å². The molecule has 2 aliphatic carbocycles. The molecule has 3 fully saturated rings. The molecule has 6 nitrogen and oxygen atoms in total. The largest absolute Gasteiger partial charge is 0.392 e. The van der Waals surface area contributed by atoms with Crippen LogP contribution in [0, 0.1) is 5.41 Å². The Balaban J connectivity index is 1.47. The summed E-state index contributed by atoms with van der Waals surface area (Å²) in [7, 11) is 4.22. The van der Waals surface area contributed by atoms with Gasteiger partial charge >= 0.3 is 6.03 Å². The highest BCUT2D eigenvalue weighted by molar-refractivity contribution is 5.74. The van der Waals surface area contributed by atoms with Crippen molar-refractivity contribution in [3.63, 3.8) is 0 Å². The van der Waals surface area contributed by atoms with Gasteiger partial charge in [-0.05, 0) is 53.1 Å². The lowest BCUT2D eigenvalue weighted by atomic mass is 9.58. The second kappa shape index (κ2) is 7.18. The zero-order valence-corrected chi connectivity index (χ0v) is 15.3. The van der Waals surface area contributed by atoms with Crippen LogP contribution in [0.5, 0.6) is 0 Å². The summed E-state index contributed by atoms with van der Waals surface area (Å²) in [4.78, 5) is 16.7. The number of rotatable bonds is 4. The number of hydrogen-bond acceptors (Lipinski definition) is 4. The molecule has 6 heteroatoms. The standard InChI is InChI=1S/C18H33N3O3/c1-4-24-16-12-15(22)18(16)7-9-21(10-8-18)17(23)19-13-5-6-14(11-13)20(2)3/h13-16,22H,4-12H2,1-3H3,(H,19,23). The molecular weight excluding hydrogens is 306 g/mol. The number of hydrogen-bond donors (Lipinski definition) is 2. The molecule has 4 atom stereocenters. The number of amides is 2. The zero-order valence-electron chi connectivity index (χ0n) is 15.3. The van der Waals surface area contributed by atoms with Gasteiger partial charge < -0.3 is 25.0 Å². The minimum atomic E-state index is -0.269. The Morgan fingerprint density at radius 2 is 2.00 bits per heavy atom. The molecule has 0 bridgehead atoms. The summed E-state index contributed by atoms with van der Waals surface area (Å²) in [6.45, 7) is 4.13. The first-order valence-electron chi connectivity index (χ1n) is 9.48. The highest BCUT2D eigenvalue weighted by Crippen LogP contribution is 2.50. The monoisotopic (exact) mass is 339 g/mol. The smallest absolute Gasteiger partial charge is 0.317 e. The molecule has 0 aromatic heterocycles. The molecule has 138 valence electrons.